The zero-order valence-electron chi connectivity index (χ0n) is 11.5. The summed E-state index contributed by atoms with van der Waals surface area (Å²) >= 11 is 1.73. The molecule has 0 aliphatic rings. The van der Waals surface area contributed by atoms with Crippen molar-refractivity contribution in [2.24, 2.45) is 5.14 Å². The summed E-state index contributed by atoms with van der Waals surface area (Å²) in [6.07, 6.45) is 4.11. The van der Waals surface area contributed by atoms with Gasteiger partial charge in [0.1, 0.15) is 0 Å². The maximum absolute atomic E-state index is 11.5. The average Bonchev–Trinajstić information content (AvgIpc) is 2.38. The lowest BCUT2D eigenvalue weighted by Gasteiger charge is -2.06. The Balaban J connectivity index is 2.34. The molecule has 1 aromatic rings. The fraction of sp³-hybridized carbons (Fsp3) is 0.462. The van der Waals surface area contributed by atoms with Crippen LogP contribution in [0.5, 0.6) is 0 Å². The van der Waals surface area contributed by atoms with Crippen LogP contribution in [-0.2, 0) is 21.2 Å². The van der Waals surface area contributed by atoms with Crippen molar-refractivity contribution in [2.75, 3.05) is 18.6 Å². The first kappa shape index (κ1) is 17.0. The van der Waals surface area contributed by atoms with Crippen LogP contribution in [0.25, 0.3) is 0 Å². The predicted octanol–water partition coefficient (Wildman–Crippen LogP) is 1.14. The van der Waals surface area contributed by atoms with Gasteiger partial charge in [0.25, 0.3) is 0 Å². The van der Waals surface area contributed by atoms with E-state index in [0.717, 1.165) is 17.7 Å². The molecule has 0 radical (unpaired) electrons. The molecule has 1 amide bonds. The minimum Gasteiger partial charge on any atom is -0.356 e. The zero-order valence-corrected chi connectivity index (χ0v) is 13.1. The van der Waals surface area contributed by atoms with Gasteiger partial charge in [-0.15, -0.1) is 0 Å². The van der Waals surface area contributed by atoms with Gasteiger partial charge in [0.05, 0.1) is 4.90 Å². The second-order valence-corrected chi connectivity index (χ2v) is 6.93. The fourth-order valence-corrected chi connectivity index (χ4v) is 2.61. The molecule has 20 heavy (non-hydrogen) atoms. The minimum atomic E-state index is -3.64. The third-order valence-corrected chi connectivity index (χ3v) is 4.37. The predicted molar refractivity (Wildman–Crippen MR) is 82.1 cm³/mol. The molecule has 0 fully saturated rings. The van der Waals surface area contributed by atoms with E-state index in [-0.39, 0.29) is 10.8 Å². The summed E-state index contributed by atoms with van der Waals surface area (Å²) in [5.74, 6) is 1.04. The van der Waals surface area contributed by atoms with Crippen LogP contribution >= 0.6 is 11.8 Å². The van der Waals surface area contributed by atoms with Gasteiger partial charge >= 0.3 is 0 Å². The monoisotopic (exact) mass is 316 g/mol. The number of benzene rings is 1. The molecular formula is C13H20N2O3S2. The molecule has 5 nitrogen and oxygen atoms in total. The molecule has 0 spiro atoms. The van der Waals surface area contributed by atoms with Crippen molar-refractivity contribution >= 4 is 27.7 Å². The highest BCUT2D eigenvalue weighted by Gasteiger charge is 2.06. The molecule has 0 saturated carbocycles. The molecule has 0 heterocycles. The Labute approximate surface area is 124 Å². The summed E-state index contributed by atoms with van der Waals surface area (Å²) in [5, 5.41) is 7.86. The van der Waals surface area contributed by atoms with Crippen molar-refractivity contribution in [1.82, 2.24) is 5.32 Å². The topological polar surface area (TPSA) is 89.3 Å². The molecule has 0 aliphatic carbocycles. The number of nitrogens with two attached hydrogens (primary N) is 1. The Hall–Kier alpha value is -1.05. The average molecular weight is 316 g/mol. The lowest BCUT2D eigenvalue weighted by molar-refractivity contribution is -0.121. The molecule has 0 unspecified atom stereocenters. The first-order valence-corrected chi connectivity index (χ1v) is 9.25. The second kappa shape index (κ2) is 8.28. The number of sulfonamides is 1. The number of carbonyl (C=O) groups is 1. The number of nitrogens with one attached hydrogen (secondary N) is 1. The SMILES string of the molecule is CSCCCC(=O)NCCc1ccc(S(N)(=O)=O)cc1. The van der Waals surface area contributed by atoms with Crippen molar-refractivity contribution in [3.63, 3.8) is 0 Å². The normalized spacial score (nSPS) is 11.3. The summed E-state index contributed by atoms with van der Waals surface area (Å²) in [4.78, 5) is 11.6. The standard InChI is InChI=1S/C13H20N2O3S2/c1-19-10-2-3-13(16)15-9-8-11-4-6-12(7-5-11)20(14,17)18/h4-7H,2-3,8-10H2,1H3,(H,15,16)(H2,14,17,18). The zero-order chi connectivity index (χ0) is 15.0. The maximum atomic E-state index is 11.5. The Kier molecular flexibility index (Phi) is 7.04. The van der Waals surface area contributed by atoms with Crippen LogP contribution in [0.4, 0.5) is 0 Å². The highest BCUT2D eigenvalue weighted by Crippen LogP contribution is 2.09. The summed E-state index contributed by atoms with van der Waals surface area (Å²) < 4.78 is 22.2. The van der Waals surface area contributed by atoms with Crippen LogP contribution in [-0.4, -0.2) is 32.9 Å². The van der Waals surface area contributed by atoms with Gasteiger partial charge in [-0.05, 0) is 42.5 Å². The van der Waals surface area contributed by atoms with E-state index < -0.39 is 10.0 Å². The molecule has 1 rings (SSSR count). The number of thioether (sulfide) groups is 1. The van der Waals surface area contributed by atoms with E-state index in [4.69, 9.17) is 5.14 Å². The van der Waals surface area contributed by atoms with Gasteiger partial charge in [0, 0.05) is 13.0 Å². The lowest BCUT2D eigenvalue weighted by atomic mass is 10.1. The Bertz CT molecular complexity index is 527. The number of primary sulfonamides is 1. The smallest absolute Gasteiger partial charge is 0.238 e. The second-order valence-electron chi connectivity index (χ2n) is 4.39. The van der Waals surface area contributed by atoms with Gasteiger partial charge in [-0.2, -0.15) is 11.8 Å². The molecule has 112 valence electrons. The molecule has 3 N–H and O–H groups in total. The van der Waals surface area contributed by atoms with Crippen LogP contribution in [0.1, 0.15) is 18.4 Å². The van der Waals surface area contributed by atoms with Gasteiger partial charge in [0.15, 0.2) is 0 Å². The first-order valence-electron chi connectivity index (χ1n) is 6.31. The summed E-state index contributed by atoms with van der Waals surface area (Å²) in [6, 6.07) is 6.37. The van der Waals surface area contributed by atoms with Crippen molar-refractivity contribution in [2.45, 2.75) is 24.2 Å². The Morgan fingerprint density at radius 3 is 2.50 bits per heavy atom. The van der Waals surface area contributed by atoms with E-state index in [1.165, 1.54) is 12.1 Å². The lowest BCUT2D eigenvalue weighted by Crippen LogP contribution is -2.25. The number of hydrogen-bond acceptors (Lipinski definition) is 4. The molecule has 0 atom stereocenters. The van der Waals surface area contributed by atoms with E-state index in [0.29, 0.717) is 19.4 Å². The quantitative estimate of drug-likeness (QED) is 0.704. The van der Waals surface area contributed by atoms with Crippen LogP contribution in [0.3, 0.4) is 0 Å². The highest BCUT2D eigenvalue weighted by molar-refractivity contribution is 7.98. The summed E-state index contributed by atoms with van der Waals surface area (Å²) in [7, 11) is -3.64. The van der Waals surface area contributed by atoms with Gasteiger partial charge in [0.2, 0.25) is 15.9 Å². The largest absolute Gasteiger partial charge is 0.356 e. The number of amides is 1. The molecule has 1 aromatic carbocycles. The maximum Gasteiger partial charge on any atom is 0.238 e. The molecule has 7 heteroatoms. The molecule has 0 aliphatic heterocycles. The van der Waals surface area contributed by atoms with Crippen molar-refractivity contribution < 1.29 is 13.2 Å². The van der Waals surface area contributed by atoms with Crippen molar-refractivity contribution in [3.8, 4) is 0 Å². The number of carbonyl (C=O) groups excluding carboxylic acids is 1. The van der Waals surface area contributed by atoms with Crippen LogP contribution < -0.4 is 10.5 Å². The van der Waals surface area contributed by atoms with Crippen molar-refractivity contribution in [3.05, 3.63) is 29.8 Å². The van der Waals surface area contributed by atoms with Gasteiger partial charge < -0.3 is 5.32 Å². The molecule has 0 bridgehead atoms. The van der Waals surface area contributed by atoms with Gasteiger partial charge in [-0.25, -0.2) is 13.6 Å². The van der Waals surface area contributed by atoms with Crippen LogP contribution in [0, 0.1) is 0 Å². The molecular weight excluding hydrogens is 296 g/mol. The number of hydrogen-bond donors (Lipinski definition) is 2. The van der Waals surface area contributed by atoms with E-state index in [1.807, 2.05) is 6.26 Å². The Morgan fingerprint density at radius 1 is 1.30 bits per heavy atom. The van der Waals surface area contributed by atoms with E-state index in [2.05, 4.69) is 5.32 Å². The van der Waals surface area contributed by atoms with Gasteiger partial charge in [-0.3, -0.25) is 4.79 Å². The fourth-order valence-electron chi connectivity index (χ4n) is 1.66. The van der Waals surface area contributed by atoms with Crippen molar-refractivity contribution in [1.29, 1.82) is 0 Å². The van der Waals surface area contributed by atoms with E-state index in [1.54, 1.807) is 23.9 Å². The molecule has 0 saturated heterocycles. The Morgan fingerprint density at radius 2 is 1.95 bits per heavy atom. The van der Waals surface area contributed by atoms with Crippen LogP contribution in [0.15, 0.2) is 29.2 Å². The first-order chi connectivity index (χ1) is 9.43. The molecule has 0 aromatic heterocycles. The number of rotatable bonds is 8. The van der Waals surface area contributed by atoms with E-state index >= 15 is 0 Å². The summed E-state index contributed by atoms with van der Waals surface area (Å²) in [6.45, 7) is 0.548. The highest BCUT2D eigenvalue weighted by atomic mass is 32.2. The minimum absolute atomic E-state index is 0.0557. The third-order valence-electron chi connectivity index (χ3n) is 2.74. The van der Waals surface area contributed by atoms with Crippen LogP contribution in [0.2, 0.25) is 0 Å². The third kappa shape index (κ3) is 6.40. The van der Waals surface area contributed by atoms with E-state index in [9.17, 15) is 13.2 Å². The summed E-state index contributed by atoms with van der Waals surface area (Å²) in [5.41, 5.74) is 0.960. The van der Waals surface area contributed by atoms with Gasteiger partial charge in [-0.1, -0.05) is 12.1 Å².